The van der Waals surface area contributed by atoms with Crippen LogP contribution in [0.2, 0.25) is 0 Å². The molecule has 2 radical (unpaired) electrons. The Kier molecular flexibility index (Phi) is 2.40. The Hall–Kier alpha value is -1.33. The summed E-state index contributed by atoms with van der Waals surface area (Å²) in [6.07, 6.45) is -0.323. The third-order valence-electron chi connectivity index (χ3n) is 1.45. The van der Waals surface area contributed by atoms with Gasteiger partial charge in [-0.15, -0.1) is 0 Å². The van der Waals surface area contributed by atoms with Gasteiger partial charge in [0.2, 0.25) is 0 Å². The minimum atomic E-state index is -1.79. The van der Waals surface area contributed by atoms with Crippen molar-refractivity contribution in [3.05, 3.63) is 28.8 Å². The van der Waals surface area contributed by atoms with Crippen molar-refractivity contribution in [2.24, 2.45) is 0 Å². The fourth-order valence-corrected chi connectivity index (χ4v) is 0.769. The van der Waals surface area contributed by atoms with Crippen molar-refractivity contribution in [2.45, 2.75) is 0 Å². The van der Waals surface area contributed by atoms with E-state index in [1.165, 1.54) is 0 Å². The van der Waals surface area contributed by atoms with Crippen LogP contribution in [0, 0.1) is 23.3 Å². The fraction of sp³-hybridized carbons (Fsp3) is 0. The Morgan fingerprint density at radius 3 is 1.62 bits per heavy atom. The van der Waals surface area contributed by atoms with E-state index < -0.39 is 34.3 Å². The number of hydrogen-bond donors (Lipinski definition) is 0. The summed E-state index contributed by atoms with van der Waals surface area (Å²) in [6, 6.07) is 0. The Morgan fingerprint density at radius 1 is 0.923 bits per heavy atom. The van der Waals surface area contributed by atoms with Gasteiger partial charge in [-0.25, -0.2) is 17.6 Å². The highest BCUT2D eigenvalue weighted by atomic mass is 19.2. The van der Waals surface area contributed by atoms with Crippen molar-refractivity contribution in [1.29, 1.82) is 0 Å². The van der Waals surface area contributed by atoms with E-state index in [9.17, 15) is 22.4 Å². The maximum atomic E-state index is 12.6. The lowest BCUT2D eigenvalue weighted by molar-refractivity contribution is 0.111. The van der Waals surface area contributed by atoms with Gasteiger partial charge in [-0.2, -0.15) is 0 Å². The van der Waals surface area contributed by atoms with E-state index in [4.69, 9.17) is 0 Å². The van der Waals surface area contributed by atoms with Crippen LogP contribution >= 0.6 is 0 Å². The predicted octanol–water partition coefficient (Wildman–Crippen LogP) is 0.849. The van der Waals surface area contributed by atoms with Gasteiger partial charge >= 0.3 is 0 Å². The maximum absolute atomic E-state index is 12.6. The summed E-state index contributed by atoms with van der Waals surface area (Å²) in [7, 11) is 4.66. The van der Waals surface area contributed by atoms with Crippen molar-refractivity contribution in [3.8, 4) is 0 Å². The first kappa shape index (κ1) is 9.76. The van der Waals surface area contributed by atoms with Crippen LogP contribution < -0.4 is 5.46 Å². The van der Waals surface area contributed by atoms with Gasteiger partial charge in [0, 0.05) is 0 Å². The Labute approximate surface area is 71.8 Å². The number of halogens is 4. The average molecular weight is 188 g/mol. The molecule has 0 aliphatic heterocycles. The summed E-state index contributed by atoms with van der Waals surface area (Å²) in [5.41, 5.74) is -2.58. The molecule has 0 aromatic heterocycles. The van der Waals surface area contributed by atoms with E-state index in [1.807, 2.05) is 0 Å². The van der Waals surface area contributed by atoms with Crippen molar-refractivity contribution >= 4 is 19.6 Å². The summed E-state index contributed by atoms with van der Waals surface area (Å²) in [6.45, 7) is 0. The largest absolute Gasteiger partial charge is 0.298 e. The summed E-state index contributed by atoms with van der Waals surface area (Å²) < 4.78 is 50.3. The lowest BCUT2D eigenvalue weighted by Gasteiger charge is -2.04. The lowest BCUT2D eigenvalue weighted by atomic mass is 9.93. The third-order valence-corrected chi connectivity index (χ3v) is 1.45. The molecule has 0 saturated carbocycles. The van der Waals surface area contributed by atoms with Crippen LogP contribution in [0.5, 0.6) is 0 Å². The zero-order valence-corrected chi connectivity index (χ0v) is 6.07. The van der Waals surface area contributed by atoms with Gasteiger partial charge < -0.3 is 0 Å². The van der Waals surface area contributed by atoms with Crippen LogP contribution in [0.25, 0.3) is 0 Å². The minimum absolute atomic E-state index is 0.323. The van der Waals surface area contributed by atoms with Crippen molar-refractivity contribution in [2.75, 3.05) is 0 Å². The molecule has 0 unspecified atom stereocenters. The normalized spacial score (nSPS) is 10.2. The lowest BCUT2D eigenvalue weighted by Crippen LogP contribution is -2.20. The molecule has 0 heterocycles. The molecular formula is C7HBF4O. The summed E-state index contributed by atoms with van der Waals surface area (Å²) in [4.78, 5) is 10.0. The monoisotopic (exact) mass is 188 g/mol. The molecule has 0 amide bonds. The number of hydrogen-bond acceptors (Lipinski definition) is 1. The van der Waals surface area contributed by atoms with Crippen molar-refractivity contribution in [3.63, 3.8) is 0 Å². The van der Waals surface area contributed by atoms with Gasteiger partial charge in [-0.1, -0.05) is 0 Å². The van der Waals surface area contributed by atoms with Crippen molar-refractivity contribution < 1.29 is 22.4 Å². The predicted molar refractivity (Wildman–Crippen MR) is 37.0 cm³/mol. The number of aldehydes is 1. The van der Waals surface area contributed by atoms with E-state index in [1.54, 1.807) is 0 Å². The molecule has 0 aliphatic rings. The first-order chi connectivity index (χ1) is 6.00. The van der Waals surface area contributed by atoms with Crippen LogP contribution in [-0.2, 0) is 0 Å². The van der Waals surface area contributed by atoms with E-state index in [0.29, 0.717) is 0 Å². The summed E-state index contributed by atoms with van der Waals surface area (Å²) in [5.74, 6) is -7.10. The average Bonchev–Trinajstić information content (AvgIpc) is 2.13. The molecule has 0 aliphatic carbocycles. The van der Waals surface area contributed by atoms with Gasteiger partial charge in [0.15, 0.2) is 29.6 Å². The van der Waals surface area contributed by atoms with Gasteiger partial charge in [0.25, 0.3) is 0 Å². The molecule has 6 heteroatoms. The molecule has 0 bridgehead atoms. The molecule has 1 aromatic rings. The van der Waals surface area contributed by atoms with E-state index in [2.05, 4.69) is 7.85 Å². The number of carbonyl (C=O) groups excluding carboxylic acids is 1. The topological polar surface area (TPSA) is 17.1 Å². The van der Waals surface area contributed by atoms with Gasteiger partial charge in [-0.3, -0.25) is 4.79 Å². The number of benzene rings is 1. The van der Waals surface area contributed by atoms with E-state index in [0.717, 1.165) is 0 Å². The molecule has 0 spiro atoms. The highest BCUT2D eigenvalue weighted by Gasteiger charge is 2.21. The van der Waals surface area contributed by atoms with Gasteiger partial charge in [0.1, 0.15) is 7.85 Å². The molecular weight excluding hydrogens is 187 g/mol. The smallest absolute Gasteiger partial charge is 0.171 e. The second kappa shape index (κ2) is 3.20. The van der Waals surface area contributed by atoms with Crippen LogP contribution in [0.1, 0.15) is 10.4 Å². The summed E-state index contributed by atoms with van der Waals surface area (Å²) >= 11 is 0. The van der Waals surface area contributed by atoms with Crippen molar-refractivity contribution in [1.82, 2.24) is 0 Å². The Balaban J connectivity index is 3.66. The molecule has 0 atom stereocenters. The molecule has 66 valence electrons. The molecule has 13 heavy (non-hydrogen) atoms. The first-order valence-corrected chi connectivity index (χ1v) is 3.07. The van der Waals surface area contributed by atoms with Gasteiger partial charge in [-0.05, 0) is 5.46 Å². The van der Waals surface area contributed by atoms with Crippen LogP contribution in [0.15, 0.2) is 0 Å². The highest BCUT2D eigenvalue weighted by Crippen LogP contribution is 2.14. The molecule has 0 fully saturated rings. The quantitative estimate of drug-likeness (QED) is 0.276. The minimum Gasteiger partial charge on any atom is -0.298 e. The molecule has 1 aromatic carbocycles. The molecule has 0 N–H and O–H groups in total. The summed E-state index contributed by atoms with van der Waals surface area (Å²) in [5, 5.41) is 0. The zero-order chi connectivity index (χ0) is 10.2. The standard InChI is InChI=1S/C7HBF4O/c8-3-6(11)4(9)2(1-13)5(10)7(3)12/h1H. The number of carbonyl (C=O) groups is 1. The maximum Gasteiger partial charge on any atom is 0.171 e. The SMILES string of the molecule is [B]c1c(F)c(F)c(C=O)c(F)c1F. The Morgan fingerprint density at radius 2 is 1.31 bits per heavy atom. The second-order valence-electron chi connectivity index (χ2n) is 2.20. The zero-order valence-electron chi connectivity index (χ0n) is 6.07. The van der Waals surface area contributed by atoms with E-state index >= 15 is 0 Å². The second-order valence-corrected chi connectivity index (χ2v) is 2.20. The van der Waals surface area contributed by atoms with Gasteiger partial charge in [0.05, 0.1) is 5.56 Å². The fourth-order valence-electron chi connectivity index (χ4n) is 0.769. The molecule has 0 saturated heterocycles. The Bertz CT molecular complexity index is 348. The van der Waals surface area contributed by atoms with E-state index in [-0.39, 0.29) is 6.29 Å². The van der Waals surface area contributed by atoms with Crippen LogP contribution in [-0.4, -0.2) is 14.1 Å². The first-order valence-electron chi connectivity index (χ1n) is 3.07. The third kappa shape index (κ3) is 1.32. The van der Waals surface area contributed by atoms with Crippen LogP contribution in [0.3, 0.4) is 0 Å². The highest BCUT2D eigenvalue weighted by molar-refractivity contribution is 6.32. The van der Waals surface area contributed by atoms with Crippen LogP contribution in [0.4, 0.5) is 17.6 Å². The number of rotatable bonds is 1. The molecule has 1 nitrogen and oxygen atoms in total. The molecule has 1 rings (SSSR count).